The molecule has 0 saturated carbocycles. The normalized spacial score (nSPS) is 14.1. The van der Waals surface area contributed by atoms with E-state index in [4.69, 9.17) is 4.42 Å². The third-order valence-electron chi connectivity index (χ3n) is 3.06. The van der Waals surface area contributed by atoms with Crippen LogP contribution < -0.4 is 0 Å². The van der Waals surface area contributed by atoms with Crippen molar-refractivity contribution in [3.63, 3.8) is 0 Å². The summed E-state index contributed by atoms with van der Waals surface area (Å²) in [5.74, 6) is 0.697. The second-order valence-electron chi connectivity index (χ2n) is 4.19. The number of hydrogen-bond donors (Lipinski definition) is 0. The molecular weight excluding hydrogens is 266 g/mol. The van der Waals surface area contributed by atoms with Crippen LogP contribution >= 0.6 is 15.9 Å². The molecule has 0 atom stereocenters. The molecular formula is C13H12BrNO. The topological polar surface area (TPSA) is 26.0 Å². The zero-order valence-electron chi connectivity index (χ0n) is 9.09. The Bertz CT molecular complexity index is 545. The number of halogens is 1. The summed E-state index contributed by atoms with van der Waals surface area (Å²) in [4.78, 5) is 4.39. The summed E-state index contributed by atoms with van der Waals surface area (Å²) >= 11 is 3.41. The lowest BCUT2D eigenvalue weighted by atomic mass is 10.1. The number of nitrogens with zero attached hydrogens (tertiary/aromatic N) is 1. The molecule has 0 saturated heterocycles. The Morgan fingerprint density at radius 1 is 1.25 bits per heavy atom. The molecule has 1 aromatic carbocycles. The van der Waals surface area contributed by atoms with Crippen molar-refractivity contribution in [3.8, 4) is 11.3 Å². The van der Waals surface area contributed by atoms with Crippen LogP contribution in [0.3, 0.4) is 0 Å². The number of rotatable bonds is 1. The molecule has 2 nitrogen and oxygen atoms in total. The van der Waals surface area contributed by atoms with E-state index in [2.05, 4.69) is 39.1 Å². The molecule has 0 spiro atoms. The molecule has 1 aliphatic carbocycles. The van der Waals surface area contributed by atoms with Gasteiger partial charge < -0.3 is 4.42 Å². The summed E-state index contributed by atoms with van der Waals surface area (Å²) in [7, 11) is 0. The molecule has 1 heterocycles. The van der Waals surface area contributed by atoms with Gasteiger partial charge in [-0.25, -0.2) is 4.98 Å². The summed E-state index contributed by atoms with van der Waals surface area (Å²) in [6, 6.07) is 6.59. The largest absolute Gasteiger partial charge is 0.434 e. The maximum Gasteiger partial charge on any atom is 0.197 e. The van der Waals surface area contributed by atoms with Crippen molar-refractivity contribution in [3.05, 3.63) is 39.9 Å². The van der Waals surface area contributed by atoms with Crippen LogP contribution in [0.5, 0.6) is 0 Å². The number of hydrogen-bond acceptors (Lipinski definition) is 2. The fraction of sp³-hybridized carbons (Fsp3) is 0.308. The standard InChI is InChI=1S/C13H12BrNO/c1-8-15-12(13(14)16-8)11-6-5-9-3-2-4-10(9)7-11/h5-7H,2-4H2,1H3. The maximum absolute atomic E-state index is 5.39. The van der Waals surface area contributed by atoms with E-state index >= 15 is 0 Å². The minimum absolute atomic E-state index is 0.697. The second kappa shape index (κ2) is 3.74. The van der Waals surface area contributed by atoms with E-state index in [0.717, 1.165) is 15.9 Å². The summed E-state index contributed by atoms with van der Waals surface area (Å²) in [5, 5.41) is 0. The van der Waals surface area contributed by atoms with Crippen molar-refractivity contribution in [2.75, 3.05) is 0 Å². The lowest BCUT2D eigenvalue weighted by Gasteiger charge is -2.02. The zero-order valence-corrected chi connectivity index (χ0v) is 10.7. The monoisotopic (exact) mass is 277 g/mol. The van der Waals surface area contributed by atoms with Gasteiger partial charge in [0, 0.05) is 12.5 Å². The highest BCUT2D eigenvalue weighted by Gasteiger charge is 2.15. The summed E-state index contributed by atoms with van der Waals surface area (Å²) < 4.78 is 6.12. The van der Waals surface area contributed by atoms with E-state index in [0.29, 0.717) is 5.89 Å². The molecule has 2 aromatic rings. The van der Waals surface area contributed by atoms with Crippen molar-refractivity contribution < 1.29 is 4.42 Å². The van der Waals surface area contributed by atoms with E-state index in [1.165, 1.54) is 30.4 Å². The molecule has 0 unspecified atom stereocenters. The highest BCUT2D eigenvalue weighted by atomic mass is 79.9. The first-order valence-electron chi connectivity index (χ1n) is 5.49. The van der Waals surface area contributed by atoms with Gasteiger partial charge in [0.25, 0.3) is 0 Å². The molecule has 0 N–H and O–H groups in total. The average Bonchev–Trinajstić information content (AvgIpc) is 2.83. The van der Waals surface area contributed by atoms with Crippen LogP contribution in [0, 0.1) is 6.92 Å². The summed E-state index contributed by atoms with van der Waals surface area (Å²) in [6.45, 7) is 1.86. The molecule has 3 rings (SSSR count). The van der Waals surface area contributed by atoms with E-state index in [1.54, 1.807) is 0 Å². The molecule has 0 radical (unpaired) electrons. The quantitative estimate of drug-likeness (QED) is 0.790. The van der Waals surface area contributed by atoms with Crippen LogP contribution in [-0.2, 0) is 12.8 Å². The van der Waals surface area contributed by atoms with Gasteiger partial charge in [0.1, 0.15) is 5.69 Å². The number of aromatic nitrogens is 1. The Morgan fingerprint density at radius 2 is 2.06 bits per heavy atom. The molecule has 0 bridgehead atoms. The first kappa shape index (κ1) is 10.1. The van der Waals surface area contributed by atoms with E-state index < -0.39 is 0 Å². The van der Waals surface area contributed by atoms with Gasteiger partial charge in [-0.15, -0.1) is 0 Å². The zero-order chi connectivity index (χ0) is 11.1. The molecule has 3 heteroatoms. The molecule has 16 heavy (non-hydrogen) atoms. The van der Waals surface area contributed by atoms with Crippen LogP contribution in [0.15, 0.2) is 27.3 Å². The molecule has 82 valence electrons. The van der Waals surface area contributed by atoms with Gasteiger partial charge in [0.05, 0.1) is 0 Å². The van der Waals surface area contributed by atoms with Gasteiger partial charge in [-0.3, -0.25) is 0 Å². The van der Waals surface area contributed by atoms with Crippen molar-refractivity contribution in [1.29, 1.82) is 0 Å². The van der Waals surface area contributed by atoms with Gasteiger partial charge >= 0.3 is 0 Å². The molecule has 0 amide bonds. The van der Waals surface area contributed by atoms with Gasteiger partial charge in [-0.05, 0) is 52.4 Å². The van der Waals surface area contributed by atoms with E-state index in [9.17, 15) is 0 Å². The fourth-order valence-corrected chi connectivity index (χ4v) is 2.85. The highest BCUT2D eigenvalue weighted by molar-refractivity contribution is 9.10. The van der Waals surface area contributed by atoms with Gasteiger partial charge in [-0.2, -0.15) is 0 Å². The van der Waals surface area contributed by atoms with Crippen LogP contribution in [0.25, 0.3) is 11.3 Å². The molecule has 0 fully saturated rings. The number of aryl methyl sites for hydroxylation is 3. The lowest BCUT2D eigenvalue weighted by molar-refractivity contribution is 0.500. The Labute approximate surface area is 103 Å². The van der Waals surface area contributed by atoms with Gasteiger partial charge in [0.15, 0.2) is 10.6 Å². The van der Waals surface area contributed by atoms with E-state index in [-0.39, 0.29) is 0 Å². The first-order chi connectivity index (χ1) is 7.74. The molecule has 0 aliphatic heterocycles. The SMILES string of the molecule is Cc1nc(-c2ccc3c(c2)CCC3)c(Br)o1. The number of fused-ring (bicyclic) bond motifs is 1. The third kappa shape index (κ3) is 1.59. The maximum atomic E-state index is 5.39. The third-order valence-corrected chi connectivity index (χ3v) is 3.60. The van der Waals surface area contributed by atoms with E-state index in [1.807, 2.05) is 6.92 Å². The van der Waals surface area contributed by atoms with Crippen molar-refractivity contribution in [2.24, 2.45) is 0 Å². The second-order valence-corrected chi connectivity index (χ2v) is 4.91. The van der Waals surface area contributed by atoms with Gasteiger partial charge in [-0.1, -0.05) is 12.1 Å². The Morgan fingerprint density at radius 3 is 2.81 bits per heavy atom. The number of oxazole rings is 1. The van der Waals surface area contributed by atoms with Crippen molar-refractivity contribution in [1.82, 2.24) is 4.98 Å². The summed E-state index contributed by atoms with van der Waals surface area (Å²) in [5.41, 5.74) is 5.00. The Kier molecular flexibility index (Phi) is 2.36. The smallest absolute Gasteiger partial charge is 0.197 e. The summed E-state index contributed by atoms with van der Waals surface area (Å²) in [6.07, 6.45) is 3.68. The van der Waals surface area contributed by atoms with Crippen LogP contribution in [0.1, 0.15) is 23.4 Å². The van der Waals surface area contributed by atoms with Crippen LogP contribution in [0.2, 0.25) is 0 Å². The van der Waals surface area contributed by atoms with Gasteiger partial charge in [0.2, 0.25) is 0 Å². The Hall–Kier alpha value is -1.09. The van der Waals surface area contributed by atoms with Crippen molar-refractivity contribution in [2.45, 2.75) is 26.2 Å². The average molecular weight is 278 g/mol. The van der Waals surface area contributed by atoms with Crippen molar-refractivity contribution >= 4 is 15.9 Å². The van der Waals surface area contributed by atoms with Crippen LogP contribution in [-0.4, -0.2) is 4.98 Å². The van der Waals surface area contributed by atoms with Crippen LogP contribution in [0.4, 0.5) is 0 Å². The Balaban J connectivity index is 2.10. The molecule has 1 aromatic heterocycles. The number of benzene rings is 1. The predicted molar refractivity (Wildman–Crippen MR) is 66.4 cm³/mol. The highest BCUT2D eigenvalue weighted by Crippen LogP contribution is 2.32. The minimum atomic E-state index is 0.697. The lowest BCUT2D eigenvalue weighted by Crippen LogP contribution is -1.85. The predicted octanol–water partition coefficient (Wildman–Crippen LogP) is 3.90. The fourth-order valence-electron chi connectivity index (χ4n) is 2.30. The first-order valence-corrected chi connectivity index (χ1v) is 6.28. The molecule has 1 aliphatic rings. The minimum Gasteiger partial charge on any atom is -0.434 e.